The van der Waals surface area contributed by atoms with E-state index in [9.17, 15) is 9.90 Å². The molecule has 0 saturated heterocycles. The second-order valence-electron chi connectivity index (χ2n) is 4.80. The molecule has 0 fully saturated rings. The van der Waals surface area contributed by atoms with Crippen LogP contribution in [-0.2, 0) is 4.79 Å². The van der Waals surface area contributed by atoms with Crippen molar-refractivity contribution in [3.8, 4) is 0 Å². The molecule has 0 saturated carbocycles. The summed E-state index contributed by atoms with van der Waals surface area (Å²) in [6.45, 7) is 3.57. The topological polar surface area (TPSA) is 57.5 Å². The molecule has 0 aliphatic rings. The SMILES string of the molecule is CCCCCCCCCC[C@@](C)(O)C(=O)O. The summed E-state index contributed by atoms with van der Waals surface area (Å²) in [5.41, 5.74) is -1.54. The van der Waals surface area contributed by atoms with Crippen LogP contribution in [-0.4, -0.2) is 21.8 Å². The summed E-state index contributed by atoms with van der Waals surface area (Å²) in [4.78, 5) is 10.6. The van der Waals surface area contributed by atoms with Crippen molar-refractivity contribution in [2.75, 3.05) is 0 Å². The summed E-state index contributed by atoms with van der Waals surface area (Å²) in [5.74, 6) is -1.12. The Labute approximate surface area is 98.9 Å². The predicted molar refractivity (Wildman–Crippen MR) is 65.5 cm³/mol. The lowest BCUT2D eigenvalue weighted by Crippen LogP contribution is -2.34. The number of carboxylic acid groups (broad SMARTS) is 1. The van der Waals surface area contributed by atoms with Crippen molar-refractivity contribution < 1.29 is 15.0 Å². The van der Waals surface area contributed by atoms with Crippen molar-refractivity contribution in [3.05, 3.63) is 0 Å². The van der Waals surface area contributed by atoms with E-state index in [1.54, 1.807) is 0 Å². The summed E-state index contributed by atoms with van der Waals surface area (Å²) < 4.78 is 0. The van der Waals surface area contributed by atoms with Crippen LogP contribution >= 0.6 is 0 Å². The summed E-state index contributed by atoms with van der Waals surface area (Å²) in [7, 11) is 0. The van der Waals surface area contributed by atoms with E-state index in [4.69, 9.17) is 5.11 Å². The third-order valence-electron chi connectivity index (χ3n) is 2.98. The van der Waals surface area contributed by atoms with Crippen LogP contribution in [0.4, 0.5) is 0 Å². The minimum Gasteiger partial charge on any atom is -0.479 e. The zero-order chi connectivity index (χ0) is 12.4. The van der Waals surface area contributed by atoms with E-state index in [-0.39, 0.29) is 0 Å². The smallest absolute Gasteiger partial charge is 0.335 e. The van der Waals surface area contributed by atoms with Crippen LogP contribution < -0.4 is 0 Å². The Bertz CT molecular complexity index is 188. The van der Waals surface area contributed by atoms with Gasteiger partial charge in [-0.3, -0.25) is 0 Å². The highest BCUT2D eigenvalue weighted by molar-refractivity contribution is 5.76. The van der Waals surface area contributed by atoms with Crippen molar-refractivity contribution in [3.63, 3.8) is 0 Å². The molecule has 96 valence electrons. The number of hydrogen-bond donors (Lipinski definition) is 2. The normalized spacial score (nSPS) is 14.7. The van der Waals surface area contributed by atoms with Gasteiger partial charge in [-0.15, -0.1) is 0 Å². The van der Waals surface area contributed by atoms with Crippen LogP contribution in [0, 0.1) is 0 Å². The second kappa shape index (κ2) is 8.57. The third-order valence-corrected chi connectivity index (χ3v) is 2.98. The van der Waals surface area contributed by atoms with Gasteiger partial charge in [-0.05, 0) is 19.8 Å². The lowest BCUT2D eigenvalue weighted by Gasteiger charge is -2.17. The first-order chi connectivity index (χ1) is 7.50. The highest BCUT2D eigenvalue weighted by Gasteiger charge is 2.28. The zero-order valence-electron chi connectivity index (χ0n) is 10.7. The van der Waals surface area contributed by atoms with Crippen molar-refractivity contribution >= 4 is 5.97 Å². The Morgan fingerprint density at radius 1 is 1.00 bits per heavy atom. The van der Waals surface area contributed by atoms with Crippen LogP contribution in [0.1, 0.15) is 71.6 Å². The molecule has 0 aromatic rings. The highest BCUT2D eigenvalue weighted by Crippen LogP contribution is 2.16. The maximum atomic E-state index is 10.6. The van der Waals surface area contributed by atoms with Crippen LogP contribution in [0.2, 0.25) is 0 Å². The number of carbonyl (C=O) groups is 1. The predicted octanol–water partition coefficient (Wildman–Crippen LogP) is 3.35. The molecule has 3 heteroatoms. The minimum absolute atomic E-state index is 0.358. The minimum atomic E-state index is -1.54. The highest BCUT2D eigenvalue weighted by atomic mass is 16.4. The number of rotatable bonds is 10. The molecule has 16 heavy (non-hydrogen) atoms. The maximum absolute atomic E-state index is 10.6. The molecule has 0 amide bonds. The molecule has 0 rings (SSSR count). The average molecular weight is 230 g/mol. The summed E-state index contributed by atoms with van der Waals surface area (Å²) in [5, 5.41) is 18.2. The van der Waals surface area contributed by atoms with Gasteiger partial charge in [0.15, 0.2) is 5.60 Å². The maximum Gasteiger partial charge on any atom is 0.335 e. The van der Waals surface area contributed by atoms with Gasteiger partial charge < -0.3 is 10.2 Å². The Morgan fingerprint density at radius 2 is 1.44 bits per heavy atom. The molecular weight excluding hydrogens is 204 g/mol. The first-order valence-corrected chi connectivity index (χ1v) is 6.46. The Hall–Kier alpha value is -0.570. The molecule has 0 bridgehead atoms. The Morgan fingerprint density at radius 3 is 1.88 bits per heavy atom. The average Bonchev–Trinajstić information content (AvgIpc) is 2.21. The van der Waals surface area contributed by atoms with Gasteiger partial charge in [-0.2, -0.15) is 0 Å². The largest absolute Gasteiger partial charge is 0.479 e. The molecule has 0 aliphatic heterocycles. The van der Waals surface area contributed by atoms with Gasteiger partial charge in [0.1, 0.15) is 0 Å². The molecule has 0 aromatic carbocycles. The zero-order valence-corrected chi connectivity index (χ0v) is 10.7. The van der Waals surface area contributed by atoms with E-state index >= 15 is 0 Å². The number of aliphatic carboxylic acids is 1. The molecule has 3 nitrogen and oxygen atoms in total. The fourth-order valence-electron chi connectivity index (χ4n) is 1.71. The summed E-state index contributed by atoms with van der Waals surface area (Å²) in [6, 6.07) is 0. The standard InChI is InChI=1S/C13H26O3/c1-3-4-5-6-7-8-9-10-11-13(2,16)12(14)15/h16H,3-11H2,1-2H3,(H,14,15)/t13-/m1/s1. The van der Waals surface area contributed by atoms with E-state index < -0.39 is 11.6 Å². The Balaban J connectivity index is 3.30. The molecule has 0 heterocycles. The van der Waals surface area contributed by atoms with Gasteiger partial charge in [-0.25, -0.2) is 4.79 Å². The van der Waals surface area contributed by atoms with Gasteiger partial charge in [0.2, 0.25) is 0 Å². The molecule has 2 N–H and O–H groups in total. The van der Waals surface area contributed by atoms with Crippen LogP contribution in [0.15, 0.2) is 0 Å². The lowest BCUT2D eigenvalue weighted by molar-refractivity contribution is -0.157. The van der Waals surface area contributed by atoms with Gasteiger partial charge >= 0.3 is 5.97 Å². The van der Waals surface area contributed by atoms with E-state index in [0.717, 1.165) is 19.3 Å². The fourth-order valence-corrected chi connectivity index (χ4v) is 1.71. The number of unbranched alkanes of at least 4 members (excludes halogenated alkanes) is 7. The van der Waals surface area contributed by atoms with E-state index in [1.165, 1.54) is 39.0 Å². The van der Waals surface area contributed by atoms with E-state index in [1.807, 2.05) is 0 Å². The van der Waals surface area contributed by atoms with Crippen molar-refractivity contribution in [2.24, 2.45) is 0 Å². The first kappa shape index (κ1) is 15.4. The fraction of sp³-hybridized carbons (Fsp3) is 0.923. The molecule has 0 radical (unpaired) electrons. The van der Waals surface area contributed by atoms with Crippen LogP contribution in [0.5, 0.6) is 0 Å². The molecular formula is C13H26O3. The molecule has 0 aromatic heterocycles. The van der Waals surface area contributed by atoms with Crippen molar-refractivity contribution in [1.29, 1.82) is 0 Å². The van der Waals surface area contributed by atoms with Crippen LogP contribution in [0.25, 0.3) is 0 Å². The van der Waals surface area contributed by atoms with Crippen molar-refractivity contribution in [1.82, 2.24) is 0 Å². The molecule has 0 unspecified atom stereocenters. The van der Waals surface area contributed by atoms with Crippen molar-refractivity contribution in [2.45, 2.75) is 77.2 Å². The lowest BCUT2D eigenvalue weighted by atomic mass is 9.98. The number of aliphatic hydroxyl groups is 1. The molecule has 0 spiro atoms. The second-order valence-corrected chi connectivity index (χ2v) is 4.80. The number of hydrogen-bond acceptors (Lipinski definition) is 2. The van der Waals surface area contributed by atoms with Gasteiger partial charge in [0, 0.05) is 0 Å². The van der Waals surface area contributed by atoms with E-state index in [0.29, 0.717) is 6.42 Å². The molecule has 1 atom stereocenters. The third kappa shape index (κ3) is 7.69. The Kier molecular flexibility index (Phi) is 8.26. The monoisotopic (exact) mass is 230 g/mol. The summed E-state index contributed by atoms with van der Waals surface area (Å²) >= 11 is 0. The van der Waals surface area contributed by atoms with Gasteiger partial charge in [0.05, 0.1) is 0 Å². The van der Waals surface area contributed by atoms with Gasteiger partial charge in [0.25, 0.3) is 0 Å². The quantitative estimate of drug-likeness (QED) is 0.566. The molecule has 0 aliphatic carbocycles. The first-order valence-electron chi connectivity index (χ1n) is 6.46. The number of carboxylic acids is 1. The van der Waals surface area contributed by atoms with Crippen LogP contribution in [0.3, 0.4) is 0 Å². The summed E-state index contributed by atoms with van der Waals surface area (Å²) in [6.07, 6.45) is 9.73. The van der Waals surface area contributed by atoms with E-state index in [2.05, 4.69) is 6.92 Å². The van der Waals surface area contributed by atoms with Gasteiger partial charge in [-0.1, -0.05) is 51.9 Å².